The van der Waals surface area contributed by atoms with Gasteiger partial charge in [-0.05, 0) is 42.6 Å². The molecule has 0 bridgehead atoms. The SMILES string of the molecule is Cc1ccc(Cl)cc1CNCC(C)C. The van der Waals surface area contributed by atoms with Crippen molar-refractivity contribution in [2.24, 2.45) is 5.92 Å². The van der Waals surface area contributed by atoms with Crippen molar-refractivity contribution in [2.75, 3.05) is 6.54 Å². The standard InChI is InChI=1S/C12H18ClN/c1-9(2)7-14-8-11-6-12(13)5-4-10(11)3/h4-6,9,14H,7-8H2,1-3H3. The van der Waals surface area contributed by atoms with E-state index in [4.69, 9.17) is 11.6 Å². The fraction of sp³-hybridized carbons (Fsp3) is 0.500. The van der Waals surface area contributed by atoms with Crippen LogP contribution in [0.1, 0.15) is 25.0 Å². The minimum Gasteiger partial charge on any atom is -0.312 e. The van der Waals surface area contributed by atoms with E-state index in [2.05, 4.69) is 32.2 Å². The number of hydrogen-bond acceptors (Lipinski definition) is 1. The number of rotatable bonds is 4. The van der Waals surface area contributed by atoms with Gasteiger partial charge >= 0.3 is 0 Å². The highest BCUT2D eigenvalue weighted by atomic mass is 35.5. The van der Waals surface area contributed by atoms with Crippen LogP contribution in [0.15, 0.2) is 18.2 Å². The Kier molecular flexibility index (Phi) is 4.43. The Hall–Kier alpha value is -0.530. The van der Waals surface area contributed by atoms with Crippen LogP contribution in [0.2, 0.25) is 5.02 Å². The van der Waals surface area contributed by atoms with Crippen LogP contribution in [0.3, 0.4) is 0 Å². The fourth-order valence-electron chi connectivity index (χ4n) is 1.33. The Labute approximate surface area is 91.5 Å². The van der Waals surface area contributed by atoms with E-state index in [9.17, 15) is 0 Å². The molecule has 0 amide bonds. The van der Waals surface area contributed by atoms with Gasteiger partial charge in [-0.15, -0.1) is 0 Å². The number of benzene rings is 1. The van der Waals surface area contributed by atoms with Gasteiger partial charge in [-0.25, -0.2) is 0 Å². The second kappa shape index (κ2) is 5.38. The minimum absolute atomic E-state index is 0.689. The van der Waals surface area contributed by atoms with Gasteiger partial charge in [0.1, 0.15) is 0 Å². The predicted molar refractivity (Wildman–Crippen MR) is 62.7 cm³/mol. The Morgan fingerprint density at radius 1 is 1.36 bits per heavy atom. The van der Waals surface area contributed by atoms with Gasteiger partial charge in [0.15, 0.2) is 0 Å². The topological polar surface area (TPSA) is 12.0 Å². The summed E-state index contributed by atoms with van der Waals surface area (Å²) in [6.07, 6.45) is 0. The van der Waals surface area contributed by atoms with E-state index < -0.39 is 0 Å². The highest BCUT2D eigenvalue weighted by Crippen LogP contribution is 2.15. The average Bonchev–Trinajstić information content (AvgIpc) is 2.10. The average molecular weight is 212 g/mol. The summed E-state index contributed by atoms with van der Waals surface area (Å²) in [5, 5.41) is 4.23. The van der Waals surface area contributed by atoms with E-state index in [1.54, 1.807) is 0 Å². The first kappa shape index (κ1) is 11.5. The lowest BCUT2D eigenvalue weighted by Crippen LogP contribution is -2.19. The van der Waals surface area contributed by atoms with E-state index in [0.717, 1.165) is 18.1 Å². The van der Waals surface area contributed by atoms with Crippen molar-refractivity contribution in [1.29, 1.82) is 0 Å². The van der Waals surface area contributed by atoms with Gasteiger partial charge in [-0.1, -0.05) is 31.5 Å². The molecule has 0 aliphatic rings. The molecule has 0 unspecified atom stereocenters. The second-order valence-electron chi connectivity index (χ2n) is 4.10. The molecule has 78 valence electrons. The molecule has 0 aliphatic heterocycles. The normalized spacial score (nSPS) is 10.9. The maximum absolute atomic E-state index is 5.93. The molecule has 0 aromatic heterocycles. The van der Waals surface area contributed by atoms with Crippen molar-refractivity contribution >= 4 is 11.6 Å². The van der Waals surface area contributed by atoms with E-state index >= 15 is 0 Å². The molecule has 0 radical (unpaired) electrons. The van der Waals surface area contributed by atoms with Gasteiger partial charge in [0.05, 0.1) is 0 Å². The Balaban J connectivity index is 2.53. The molecule has 0 atom stereocenters. The molecule has 2 heteroatoms. The molecule has 0 saturated heterocycles. The first-order valence-electron chi connectivity index (χ1n) is 5.05. The lowest BCUT2D eigenvalue weighted by atomic mass is 10.1. The van der Waals surface area contributed by atoms with E-state index in [1.165, 1.54) is 11.1 Å². The first-order chi connectivity index (χ1) is 6.59. The van der Waals surface area contributed by atoms with Crippen molar-refractivity contribution in [3.05, 3.63) is 34.3 Å². The molecule has 0 fully saturated rings. The smallest absolute Gasteiger partial charge is 0.0409 e. The van der Waals surface area contributed by atoms with Crippen LogP contribution in [0, 0.1) is 12.8 Å². The van der Waals surface area contributed by atoms with Crippen LogP contribution in [-0.4, -0.2) is 6.54 Å². The first-order valence-corrected chi connectivity index (χ1v) is 5.43. The fourth-order valence-corrected chi connectivity index (χ4v) is 1.52. The maximum Gasteiger partial charge on any atom is 0.0409 e. The molecular weight excluding hydrogens is 194 g/mol. The van der Waals surface area contributed by atoms with E-state index in [1.807, 2.05) is 12.1 Å². The van der Waals surface area contributed by atoms with Crippen molar-refractivity contribution in [1.82, 2.24) is 5.32 Å². The Bertz CT molecular complexity index is 294. The van der Waals surface area contributed by atoms with Crippen LogP contribution in [0.25, 0.3) is 0 Å². The molecule has 0 saturated carbocycles. The summed E-state index contributed by atoms with van der Waals surface area (Å²) in [4.78, 5) is 0. The van der Waals surface area contributed by atoms with Crippen molar-refractivity contribution in [3.63, 3.8) is 0 Å². The van der Waals surface area contributed by atoms with Gasteiger partial charge in [-0.3, -0.25) is 0 Å². The summed E-state index contributed by atoms with van der Waals surface area (Å²) in [5.41, 5.74) is 2.59. The number of aryl methyl sites for hydroxylation is 1. The highest BCUT2D eigenvalue weighted by molar-refractivity contribution is 6.30. The third kappa shape index (κ3) is 3.69. The van der Waals surface area contributed by atoms with Gasteiger partial charge in [0.2, 0.25) is 0 Å². The number of nitrogens with one attached hydrogen (secondary N) is 1. The summed E-state index contributed by atoms with van der Waals surface area (Å²) in [6, 6.07) is 6.03. The molecular formula is C12H18ClN. The highest BCUT2D eigenvalue weighted by Gasteiger charge is 1.99. The lowest BCUT2D eigenvalue weighted by molar-refractivity contribution is 0.551. The summed E-state index contributed by atoms with van der Waals surface area (Å²) in [5.74, 6) is 0.689. The predicted octanol–water partition coefficient (Wildman–Crippen LogP) is 3.39. The van der Waals surface area contributed by atoms with E-state index in [-0.39, 0.29) is 0 Å². The van der Waals surface area contributed by atoms with Crippen molar-refractivity contribution < 1.29 is 0 Å². The summed E-state index contributed by atoms with van der Waals surface area (Å²) < 4.78 is 0. The molecule has 1 rings (SSSR count). The zero-order chi connectivity index (χ0) is 10.6. The maximum atomic E-state index is 5.93. The Morgan fingerprint density at radius 2 is 2.07 bits per heavy atom. The van der Waals surface area contributed by atoms with Gasteiger partial charge in [-0.2, -0.15) is 0 Å². The third-order valence-electron chi connectivity index (χ3n) is 2.18. The molecule has 0 spiro atoms. The van der Waals surface area contributed by atoms with Gasteiger partial charge in [0.25, 0.3) is 0 Å². The molecule has 1 aromatic rings. The lowest BCUT2D eigenvalue weighted by Gasteiger charge is -2.09. The summed E-state index contributed by atoms with van der Waals surface area (Å²) >= 11 is 5.93. The second-order valence-corrected chi connectivity index (χ2v) is 4.53. The largest absolute Gasteiger partial charge is 0.312 e. The van der Waals surface area contributed by atoms with Crippen LogP contribution in [0.4, 0.5) is 0 Å². The zero-order valence-corrected chi connectivity index (χ0v) is 9.86. The molecule has 0 aliphatic carbocycles. The number of hydrogen-bond donors (Lipinski definition) is 1. The van der Waals surface area contributed by atoms with Gasteiger partial charge < -0.3 is 5.32 Å². The monoisotopic (exact) mass is 211 g/mol. The minimum atomic E-state index is 0.689. The van der Waals surface area contributed by atoms with Crippen LogP contribution >= 0.6 is 11.6 Å². The molecule has 0 heterocycles. The summed E-state index contributed by atoms with van der Waals surface area (Å²) in [7, 11) is 0. The number of halogens is 1. The quantitative estimate of drug-likeness (QED) is 0.805. The molecule has 1 aromatic carbocycles. The van der Waals surface area contributed by atoms with E-state index in [0.29, 0.717) is 5.92 Å². The van der Waals surface area contributed by atoms with Crippen LogP contribution in [-0.2, 0) is 6.54 Å². The Morgan fingerprint density at radius 3 is 2.71 bits per heavy atom. The molecule has 14 heavy (non-hydrogen) atoms. The van der Waals surface area contributed by atoms with Crippen LogP contribution < -0.4 is 5.32 Å². The molecule has 1 nitrogen and oxygen atoms in total. The van der Waals surface area contributed by atoms with Crippen molar-refractivity contribution in [3.8, 4) is 0 Å². The zero-order valence-electron chi connectivity index (χ0n) is 9.10. The third-order valence-corrected chi connectivity index (χ3v) is 2.41. The van der Waals surface area contributed by atoms with Crippen LogP contribution in [0.5, 0.6) is 0 Å². The molecule has 1 N–H and O–H groups in total. The van der Waals surface area contributed by atoms with Gasteiger partial charge in [0, 0.05) is 11.6 Å². The van der Waals surface area contributed by atoms with Crippen molar-refractivity contribution in [2.45, 2.75) is 27.3 Å². The summed E-state index contributed by atoms with van der Waals surface area (Å²) in [6.45, 7) is 8.48.